The molecule has 0 aromatic heterocycles. The molecule has 94 valence electrons. The van der Waals surface area contributed by atoms with Gasteiger partial charge in [-0.15, -0.1) is 0 Å². The van der Waals surface area contributed by atoms with Crippen molar-refractivity contribution < 1.29 is 17.9 Å². The van der Waals surface area contributed by atoms with Crippen molar-refractivity contribution in [3.63, 3.8) is 0 Å². The Morgan fingerprint density at radius 1 is 1.24 bits per heavy atom. The van der Waals surface area contributed by atoms with Crippen LogP contribution in [0.15, 0.2) is 11.0 Å². The van der Waals surface area contributed by atoms with Gasteiger partial charge in [0.2, 0.25) is 0 Å². The van der Waals surface area contributed by atoms with E-state index in [1.54, 1.807) is 26.8 Å². The standard InChI is InChI=1S/C11H13ClO4S/c1-6-5-7(2)10(17(12,14)15)8(3)9(6)11(13)16-4/h5H,1-4H3. The molecule has 1 rings (SSSR count). The molecule has 0 spiro atoms. The highest BCUT2D eigenvalue weighted by molar-refractivity contribution is 8.13. The molecule has 6 heteroatoms. The van der Waals surface area contributed by atoms with E-state index in [1.165, 1.54) is 7.11 Å². The second kappa shape index (κ2) is 4.66. The molecule has 17 heavy (non-hydrogen) atoms. The molecule has 0 aliphatic heterocycles. The maximum Gasteiger partial charge on any atom is 0.338 e. The molecule has 0 heterocycles. The van der Waals surface area contributed by atoms with Gasteiger partial charge in [0, 0.05) is 10.7 Å². The Kier molecular flexibility index (Phi) is 3.84. The van der Waals surface area contributed by atoms with Crippen LogP contribution < -0.4 is 0 Å². The number of aryl methyl sites for hydroxylation is 2. The monoisotopic (exact) mass is 276 g/mol. The van der Waals surface area contributed by atoms with Crippen LogP contribution in [0.4, 0.5) is 0 Å². The van der Waals surface area contributed by atoms with Crippen molar-refractivity contribution in [2.45, 2.75) is 25.7 Å². The Hall–Kier alpha value is -1.07. The number of hydrogen-bond donors (Lipinski definition) is 0. The Bertz CT molecular complexity index is 576. The Morgan fingerprint density at radius 2 is 1.76 bits per heavy atom. The summed E-state index contributed by atoms with van der Waals surface area (Å²) < 4.78 is 27.6. The molecule has 0 radical (unpaired) electrons. The Morgan fingerprint density at radius 3 is 2.18 bits per heavy atom. The van der Waals surface area contributed by atoms with Gasteiger partial charge in [0.1, 0.15) is 0 Å². The van der Waals surface area contributed by atoms with Gasteiger partial charge < -0.3 is 4.74 Å². The van der Waals surface area contributed by atoms with Crippen molar-refractivity contribution in [2.24, 2.45) is 0 Å². The predicted octanol–water partition coefficient (Wildman–Crippen LogP) is 2.33. The van der Waals surface area contributed by atoms with Gasteiger partial charge in [-0.05, 0) is 37.5 Å². The molecule has 0 atom stereocenters. The third kappa shape index (κ3) is 2.61. The molecule has 0 aliphatic rings. The predicted molar refractivity (Wildman–Crippen MR) is 65.0 cm³/mol. The number of benzene rings is 1. The van der Waals surface area contributed by atoms with E-state index in [1.807, 2.05) is 0 Å². The second-order valence-corrected chi connectivity index (χ2v) is 6.27. The Labute approximate surface area is 105 Å². The summed E-state index contributed by atoms with van der Waals surface area (Å²) in [7, 11) is 2.73. The lowest BCUT2D eigenvalue weighted by molar-refractivity contribution is 0.0598. The van der Waals surface area contributed by atoms with Crippen LogP contribution in [0.25, 0.3) is 0 Å². The van der Waals surface area contributed by atoms with Gasteiger partial charge in [-0.25, -0.2) is 13.2 Å². The van der Waals surface area contributed by atoms with E-state index in [-0.39, 0.29) is 10.5 Å². The summed E-state index contributed by atoms with van der Waals surface area (Å²) in [5.74, 6) is -0.568. The van der Waals surface area contributed by atoms with Crippen molar-refractivity contribution in [2.75, 3.05) is 7.11 Å². The summed E-state index contributed by atoms with van der Waals surface area (Å²) in [6.07, 6.45) is 0. The zero-order valence-electron chi connectivity index (χ0n) is 10.00. The van der Waals surface area contributed by atoms with Gasteiger partial charge in [-0.2, -0.15) is 0 Å². The van der Waals surface area contributed by atoms with Crippen molar-refractivity contribution in [1.29, 1.82) is 0 Å². The first-order chi connectivity index (χ1) is 7.70. The smallest absolute Gasteiger partial charge is 0.338 e. The fourth-order valence-electron chi connectivity index (χ4n) is 1.96. The average Bonchev–Trinajstić information content (AvgIpc) is 2.13. The number of halogens is 1. The van der Waals surface area contributed by atoms with E-state index in [4.69, 9.17) is 10.7 Å². The number of hydrogen-bond acceptors (Lipinski definition) is 4. The number of carbonyl (C=O) groups is 1. The fourth-order valence-corrected chi connectivity index (χ4v) is 3.58. The summed E-state index contributed by atoms with van der Waals surface area (Å²) >= 11 is 0. The van der Waals surface area contributed by atoms with Gasteiger partial charge in [0.05, 0.1) is 17.6 Å². The third-order valence-electron chi connectivity index (χ3n) is 2.53. The van der Waals surface area contributed by atoms with Crippen molar-refractivity contribution in [3.05, 3.63) is 28.3 Å². The molecule has 1 aromatic rings. The lowest BCUT2D eigenvalue weighted by atomic mass is 10.00. The SMILES string of the molecule is COC(=O)c1c(C)cc(C)c(S(=O)(=O)Cl)c1C. The number of rotatable bonds is 2. The van der Waals surface area contributed by atoms with Crippen LogP contribution in [0.2, 0.25) is 0 Å². The molecular formula is C11H13ClO4S. The molecule has 0 saturated carbocycles. The fraction of sp³-hybridized carbons (Fsp3) is 0.364. The third-order valence-corrected chi connectivity index (χ3v) is 4.11. The summed E-state index contributed by atoms with van der Waals surface area (Å²) in [6, 6.07) is 1.61. The maximum atomic E-state index is 11.6. The van der Waals surface area contributed by atoms with Crippen molar-refractivity contribution in [1.82, 2.24) is 0 Å². The quantitative estimate of drug-likeness (QED) is 0.614. The number of esters is 1. The maximum absolute atomic E-state index is 11.6. The number of ether oxygens (including phenoxy) is 1. The zero-order valence-corrected chi connectivity index (χ0v) is 11.6. The Balaban J connectivity index is 3.73. The summed E-state index contributed by atoms with van der Waals surface area (Å²) in [4.78, 5) is 11.6. The first-order valence-electron chi connectivity index (χ1n) is 4.84. The van der Waals surface area contributed by atoms with Crippen LogP contribution >= 0.6 is 10.7 Å². The molecule has 0 fully saturated rings. The van der Waals surface area contributed by atoms with Crippen LogP contribution in [-0.2, 0) is 13.8 Å². The van der Waals surface area contributed by atoms with E-state index in [9.17, 15) is 13.2 Å². The average molecular weight is 277 g/mol. The number of methoxy groups -OCH3 is 1. The molecule has 0 saturated heterocycles. The minimum absolute atomic E-state index is 0.0230. The molecule has 0 aliphatic carbocycles. The molecule has 0 amide bonds. The van der Waals surface area contributed by atoms with E-state index in [0.29, 0.717) is 16.7 Å². The van der Waals surface area contributed by atoms with Gasteiger partial charge in [0.25, 0.3) is 9.05 Å². The van der Waals surface area contributed by atoms with Crippen LogP contribution in [0.1, 0.15) is 27.0 Å². The lowest BCUT2D eigenvalue weighted by Crippen LogP contribution is -2.11. The molecular weight excluding hydrogens is 264 g/mol. The van der Waals surface area contributed by atoms with E-state index in [2.05, 4.69) is 4.74 Å². The molecule has 0 unspecified atom stereocenters. The normalized spacial score (nSPS) is 11.4. The first kappa shape index (κ1) is 14.0. The number of carbonyl (C=O) groups excluding carboxylic acids is 1. The highest BCUT2D eigenvalue weighted by atomic mass is 35.7. The van der Waals surface area contributed by atoms with Crippen LogP contribution in [0.5, 0.6) is 0 Å². The van der Waals surface area contributed by atoms with Crippen LogP contribution in [0.3, 0.4) is 0 Å². The lowest BCUT2D eigenvalue weighted by Gasteiger charge is -2.13. The molecule has 1 aromatic carbocycles. The largest absolute Gasteiger partial charge is 0.465 e. The summed E-state index contributed by atoms with van der Waals surface area (Å²) in [5, 5.41) is 0. The molecule has 4 nitrogen and oxygen atoms in total. The second-order valence-electron chi connectivity index (χ2n) is 3.77. The van der Waals surface area contributed by atoms with E-state index < -0.39 is 15.0 Å². The van der Waals surface area contributed by atoms with Gasteiger partial charge >= 0.3 is 5.97 Å². The summed E-state index contributed by atoms with van der Waals surface area (Å²) in [5.41, 5.74) is 1.75. The molecule has 0 N–H and O–H groups in total. The highest BCUT2D eigenvalue weighted by Crippen LogP contribution is 2.29. The topological polar surface area (TPSA) is 60.4 Å². The minimum Gasteiger partial charge on any atom is -0.465 e. The van der Waals surface area contributed by atoms with Crippen LogP contribution in [0, 0.1) is 20.8 Å². The van der Waals surface area contributed by atoms with Crippen molar-refractivity contribution in [3.8, 4) is 0 Å². The van der Waals surface area contributed by atoms with Crippen molar-refractivity contribution >= 4 is 25.7 Å². The van der Waals surface area contributed by atoms with Gasteiger partial charge in [-0.3, -0.25) is 0 Å². The molecule has 0 bridgehead atoms. The minimum atomic E-state index is -3.88. The van der Waals surface area contributed by atoms with Crippen LogP contribution in [-0.4, -0.2) is 21.5 Å². The van der Waals surface area contributed by atoms with Gasteiger partial charge in [-0.1, -0.05) is 6.07 Å². The first-order valence-corrected chi connectivity index (χ1v) is 7.14. The summed E-state index contributed by atoms with van der Waals surface area (Å²) in [6.45, 7) is 4.90. The van der Waals surface area contributed by atoms with E-state index >= 15 is 0 Å². The van der Waals surface area contributed by atoms with Gasteiger partial charge in [0.15, 0.2) is 0 Å². The highest BCUT2D eigenvalue weighted by Gasteiger charge is 2.23. The zero-order chi connectivity index (χ0) is 13.4. The van der Waals surface area contributed by atoms with E-state index in [0.717, 1.165) is 0 Å².